The number of amides is 1. The summed E-state index contributed by atoms with van der Waals surface area (Å²) in [5.74, 6) is 0.260. The van der Waals surface area contributed by atoms with Crippen molar-refractivity contribution in [3.8, 4) is 17.5 Å². The Hall–Kier alpha value is -2.83. The van der Waals surface area contributed by atoms with Gasteiger partial charge in [-0.15, -0.1) is 0 Å². The summed E-state index contributed by atoms with van der Waals surface area (Å²) in [5.41, 5.74) is 11.7. The molecule has 2 rings (SSSR count). The van der Waals surface area contributed by atoms with Crippen LogP contribution in [0.25, 0.3) is 0 Å². The molecule has 110 valence electrons. The van der Waals surface area contributed by atoms with E-state index in [1.54, 1.807) is 18.2 Å². The number of rotatable bonds is 5. The van der Waals surface area contributed by atoms with E-state index in [9.17, 15) is 4.79 Å². The Kier molecular flexibility index (Phi) is 4.22. The van der Waals surface area contributed by atoms with Crippen LogP contribution in [0.15, 0.2) is 30.6 Å². The van der Waals surface area contributed by atoms with Gasteiger partial charge in [0.2, 0.25) is 17.7 Å². The number of benzene rings is 1. The molecule has 0 saturated heterocycles. The van der Waals surface area contributed by atoms with Gasteiger partial charge in [-0.2, -0.15) is 9.97 Å². The van der Waals surface area contributed by atoms with E-state index in [0.717, 1.165) is 0 Å². The van der Waals surface area contributed by atoms with E-state index in [0.29, 0.717) is 11.3 Å². The van der Waals surface area contributed by atoms with Crippen molar-refractivity contribution in [2.24, 2.45) is 5.73 Å². The molecule has 1 aromatic heterocycles. The number of hydrogen-bond donors (Lipinski definition) is 2. The normalized spacial score (nSPS) is 10.4. The summed E-state index contributed by atoms with van der Waals surface area (Å²) in [7, 11) is 0. The van der Waals surface area contributed by atoms with Crippen molar-refractivity contribution in [2.75, 3.05) is 5.73 Å². The number of ether oxygens (including phenoxy) is 2. The molecule has 0 radical (unpaired) electrons. The fourth-order valence-electron chi connectivity index (χ4n) is 1.59. The van der Waals surface area contributed by atoms with E-state index < -0.39 is 5.91 Å². The van der Waals surface area contributed by atoms with Gasteiger partial charge in [-0.3, -0.25) is 4.79 Å². The second-order valence-electron chi connectivity index (χ2n) is 4.56. The van der Waals surface area contributed by atoms with E-state index in [1.165, 1.54) is 12.4 Å². The zero-order chi connectivity index (χ0) is 15.4. The number of aromatic nitrogens is 2. The van der Waals surface area contributed by atoms with Gasteiger partial charge in [0.05, 0.1) is 6.10 Å². The van der Waals surface area contributed by atoms with Crippen molar-refractivity contribution in [1.82, 2.24) is 9.97 Å². The second-order valence-corrected chi connectivity index (χ2v) is 4.56. The molecule has 0 bridgehead atoms. The first-order valence-electron chi connectivity index (χ1n) is 6.32. The third-order valence-electron chi connectivity index (χ3n) is 2.49. The van der Waals surface area contributed by atoms with Crippen molar-refractivity contribution < 1.29 is 14.3 Å². The van der Waals surface area contributed by atoms with Gasteiger partial charge in [0.15, 0.2) is 5.69 Å². The number of primary amides is 1. The van der Waals surface area contributed by atoms with Crippen LogP contribution in [0.4, 0.5) is 5.69 Å². The molecule has 21 heavy (non-hydrogen) atoms. The van der Waals surface area contributed by atoms with E-state index in [1.807, 2.05) is 13.8 Å². The molecule has 0 saturated carbocycles. The van der Waals surface area contributed by atoms with Crippen LogP contribution >= 0.6 is 0 Å². The zero-order valence-electron chi connectivity index (χ0n) is 11.7. The molecular weight excluding hydrogens is 272 g/mol. The first kappa shape index (κ1) is 14.6. The van der Waals surface area contributed by atoms with Crippen molar-refractivity contribution in [3.63, 3.8) is 0 Å². The topological polar surface area (TPSA) is 113 Å². The molecule has 0 unspecified atom stereocenters. The maximum atomic E-state index is 11.1. The van der Waals surface area contributed by atoms with Crippen molar-refractivity contribution in [3.05, 3.63) is 36.2 Å². The highest BCUT2D eigenvalue weighted by molar-refractivity contribution is 5.93. The lowest BCUT2D eigenvalue weighted by Gasteiger charge is -2.13. The number of carbonyl (C=O) groups is 1. The molecule has 0 aliphatic carbocycles. The molecule has 4 N–H and O–H groups in total. The van der Waals surface area contributed by atoms with E-state index in [-0.39, 0.29) is 23.6 Å². The maximum Gasteiger partial charge on any atom is 0.249 e. The number of nitrogens with zero attached hydrogens (tertiary/aromatic N) is 2. The number of nitrogens with two attached hydrogens (primary N) is 2. The fraction of sp³-hybridized carbons (Fsp3) is 0.214. The lowest BCUT2D eigenvalue weighted by molar-refractivity contribution is 0.1000. The quantitative estimate of drug-likeness (QED) is 0.866. The smallest absolute Gasteiger partial charge is 0.249 e. The summed E-state index contributed by atoms with van der Waals surface area (Å²) >= 11 is 0. The lowest BCUT2D eigenvalue weighted by atomic mass is 10.2. The molecule has 0 spiro atoms. The Morgan fingerprint density at radius 3 is 2.62 bits per heavy atom. The van der Waals surface area contributed by atoms with Crippen molar-refractivity contribution >= 4 is 11.6 Å². The van der Waals surface area contributed by atoms with Crippen molar-refractivity contribution in [2.45, 2.75) is 20.0 Å². The van der Waals surface area contributed by atoms with Crippen LogP contribution in [-0.4, -0.2) is 22.0 Å². The van der Waals surface area contributed by atoms with Crippen LogP contribution in [0, 0.1) is 0 Å². The first-order chi connectivity index (χ1) is 9.97. The number of hydrogen-bond acceptors (Lipinski definition) is 6. The standard InChI is InChI=1S/C14H16N4O3/c1-8(2)20-13-11(15)14(18-7-17-13)21-10-5-3-4-9(6-10)12(16)19/h3-8H,15H2,1-2H3,(H2,16,19). The SMILES string of the molecule is CC(C)Oc1ncnc(Oc2cccc(C(N)=O)c2)c1N. The Balaban J connectivity index is 2.27. The van der Waals surface area contributed by atoms with Crippen molar-refractivity contribution in [1.29, 1.82) is 0 Å². The van der Waals surface area contributed by atoms with E-state index in [4.69, 9.17) is 20.9 Å². The van der Waals surface area contributed by atoms with Crippen LogP contribution in [0.3, 0.4) is 0 Å². The van der Waals surface area contributed by atoms with Gasteiger partial charge < -0.3 is 20.9 Å². The van der Waals surface area contributed by atoms with Gasteiger partial charge in [-0.1, -0.05) is 6.07 Å². The van der Waals surface area contributed by atoms with E-state index in [2.05, 4.69) is 9.97 Å². The highest BCUT2D eigenvalue weighted by Crippen LogP contribution is 2.31. The highest BCUT2D eigenvalue weighted by atomic mass is 16.5. The van der Waals surface area contributed by atoms with Crippen LogP contribution in [-0.2, 0) is 0 Å². The van der Waals surface area contributed by atoms with Crippen LogP contribution in [0.1, 0.15) is 24.2 Å². The summed E-state index contributed by atoms with van der Waals surface area (Å²) in [6, 6.07) is 6.41. The Morgan fingerprint density at radius 2 is 1.95 bits per heavy atom. The number of nitrogen functional groups attached to an aromatic ring is 1. The zero-order valence-corrected chi connectivity index (χ0v) is 11.7. The molecule has 0 fully saturated rings. The van der Waals surface area contributed by atoms with Crippen LogP contribution in [0.5, 0.6) is 17.5 Å². The number of carbonyl (C=O) groups excluding carboxylic acids is 1. The summed E-state index contributed by atoms with van der Waals surface area (Å²) in [5, 5.41) is 0. The molecule has 7 heteroatoms. The summed E-state index contributed by atoms with van der Waals surface area (Å²) in [6.07, 6.45) is 1.22. The summed E-state index contributed by atoms with van der Waals surface area (Å²) in [6.45, 7) is 3.72. The predicted molar refractivity (Wildman–Crippen MR) is 77.2 cm³/mol. The monoisotopic (exact) mass is 288 g/mol. The fourth-order valence-corrected chi connectivity index (χ4v) is 1.59. The average Bonchev–Trinajstić information content (AvgIpc) is 2.43. The second kappa shape index (κ2) is 6.08. The number of anilines is 1. The summed E-state index contributed by atoms with van der Waals surface area (Å²) in [4.78, 5) is 19.1. The summed E-state index contributed by atoms with van der Waals surface area (Å²) < 4.78 is 11.0. The third kappa shape index (κ3) is 3.59. The lowest BCUT2D eigenvalue weighted by Crippen LogP contribution is -2.11. The van der Waals surface area contributed by atoms with Crippen LogP contribution in [0.2, 0.25) is 0 Å². The minimum Gasteiger partial charge on any atom is -0.473 e. The van der Waals surface area contributed by atoms with Crippen LogP contribution < -0.4 is 20.9 Å². The van der Waals surface area contributed by atoms with Gasteiger partial charge in [0.1, 0.15) is 12.1 Å². The van der Waals surface area contributed by atoms with Gasteiger partial charge in [0, 0.05) is 5.56 Å². The molecular formula is C14H16N4O3. The Bertz CT molecular complexity index is 658. The minimum atomic E-state index is -0.542. The first-order valence-corrected chi connectivity index (χ1v) is 6.32. The largest absolute Gasteiger partial charge is 0.473 e. The molecule has 0 aliphatic heterocycles. The van der Waals surface area contributed by atoms with Gasteiger partial charge in [-0.05, 0) is 32.0 Å². The Morgan fingerprint density at radius 1 is 1.24 bits per heavy atom. The molecule has 1 heterocycles. The minimum absolute atomic E-state index is 0.0757. The van der Waals surface area contributed by atoms with Gasteiger partial charge in [-0.25, -0.2) is 0 Å². The molecule has 0 aliphatic rings. The molecule has 1 aromatic carbocycles. The molecule has 7 nitrogen and oxygen atoms in total. The molecule has 2 aromatic rings. The van der Waals surface area contributed by atoms with Gasteiger partial charge >= 0.3 is 0 Å². The third-order valence-corrected chi connectivity index (χ3v) is 2.49. The molecule has 1 amide bonds. The maximum absolute atomic E-state index is 11.1. The van der Waals surface area contributed by atoms with Gasteiger partial charge in [0.25, 0.3) is 0 Å². The van der Waals surface area contributed by atoms with E-state index >= 15 is 0 Å². The molecule has 0 atom stereocenters. The average molecular weight is 288 g/mol. The Labute approximate surface area is 121 Å². The predicted octanol–water partition coefficient (Wildman–Crippen LogP) is 1.74. The highest BCUT2D eigenvalue weighted by Gasteiger charge is 2.13.